The van der Waals surface area contributed by atoms with Crippen LogP contribution in [0.3, 0.4) is 0 Å². The standard InChI is InChI=1S/C24H24N8O5/c1-35-7-8-36-9-10-37-14-21(33)26-19-4-2-3-16-12-20(27-22(16)19)24(34)28-18-6-5-15(13-25)11-17(18)23-29-31-32-30-23/h2-6,11-12,27H,7-10,14H2,1H3,(H,26,33)(H,28,34)(H,29,30,31,32). The summed E-state index contributed by atoms with van der Waals surface area (Å²) in [6.45, 7) is 1.44. The minimum atomic E-state index is -0.431. The zero-order valence-electron chi connectivity index (χ0n) is 19.9. The molecule has 0 atom stereocenters. The van der Waals surface area contributed by atoms with Crippen molar-refractivity contribution in [2.24, 2.45) is 0 Å². The first-order valence-electron chi connectivity index (χ1n) is 11.2. The second-order valence-corrected chi connectivity index (χ2v) is 7.72. The number of methoxy groups -OCH3 is 1. The molecule has 0 aliphatic carbocycles. The summed E-state index contributed by atoms with van der Waals surface area (Å²) >= 11 is 0. The Labute approximate surface area is 211 Å². The number of nitrogens with zero attached hydrogens (tertiary/aromatic N) is 4. The van der Waals surface area contributed by atoms with Crippen LogP contribution in [0.1, 0.15) is 16.1 Å². The molecule has 0 radical (unpaired) electrons. The molecule has 0 aliphatic heterocycles. The Morgan fingerprint density at radius 3 is 2.65 bits per heavy atom. The highest BCUT2D eigenvalue weighted by Gasteiger charge is 2.17. The summed E-state index contributed by atoms with van der Waals surface area (Å²) in [5, 5.41) is 29.3. The lowest BCUT2D eigenvalue weighted by atomic mass is 10.1. The molecule has 13 nitrogen and oxygen atoms in total. The molecule has 4 aromatic rings. The Morgan fingerprint density at radius 1 is 1.03 bits per heavy atom. The van der Waals surface area contributed by atoms with Gasteiger partial charge in [0.2, 0.25) is 11.7 Å². The van der Waals surface area contributed by atoms with Gasteiger partial charge in [0.15, 0.2) is 0 Å². The van der Waals surface area contributed by atoms with Gasteiger partial charge < -0.3 is 29.8 Å². The van der Waals surface area contributed by atoms with Crippen LogP contribution in [-0.2, 0) is 19.0 Å². The molecule has 0 unspecified atom stereocenters. The van der Waals surface area contributed by atoms with E-state index in [4.69, 9.17) is 14.2 Å². The summed E-state index contributed by atoms with van der Waals surface area (Å²) in [6, 6.07) is 13.8. The van der Waals surface area contributed by atoms with Crippen LogP contribution >= 0.6 is 0 Å². The normalized spacial score (nSPS) is 10.8. The van der Waals surface area contributed by atoms with Gasteiger partial charge in [0.05, 0.1) is 55.0 Å². The maximum Gasteiger partial charge on any atom is 0.272 e. The first-order valence-corrected chi connectivity index (χ1v) is 11.2. The third-order valence-corrected chi connectivity index (χ3v) is 5.19. The summed E-state index contributed by atoms with van der Waals surface area (Å²) < 4.78 is 15.5. The molecule has 190 valence electrons. The van der Waals surface area contributed by atoms with Crippen molar-refractivity contribution in [2.75, 3.05) is 50.8 Å². The van der Waals surface area contributed by atoms with E-state index in [1.54, 1.807) is 43.5 Å². The van der Waals surface area contributed by atoms with Crippen LogP contribution < -0.4 is 10.6 Å². The number of carbonyl (C=O) groups excluding carboxylic acids is 2. The van der Waals surface area contributed by atoms with Gasteiger partial charge in [-0.1, -0.05) is 12.1 Å². The number of nitrogens with one attached hydrogen (secondary N) is 4. The predicted molar refractivity (Wildman–Crippen MR) is 133 cm³/mol. The number of hydrogen-bond acceptors (Lipinski definition) is 9. The van der Waals surface area contributed by atoms with Crippen LogP contribution in [-0.4, -0.2) is 77.6 Å². The third-order valence-electron chi connectivity index (χ3n) is 5.19. The van der Waals surface area contributed by atoms with Crippen molar-refractivity contribution in [1.82, 2.24) is 25.6 Å². The Balaban J connectivity index is 1.43. The number of aromatic amines is 2. The molecule has 4 rings (SSSR count). The molecule has 2 aromatic heterocycles. The Hall–Kier alpha value is -4.64. The topological polar surface area (TPSA) is 180 Å². The second kappa shape index (κ2) is 12.4. The third kappa shape index (κ3) is 6.53. The van der Waals surface area contributed by atoms with Gasteiger partial charge in [-0.2, -0.15) is 10.5 Å². The predicted octanol–water partition coefficient (Wildman–Crippen LogP) is 2.09. The summed E-state index contributed by atoms with van der Waals surface area (Å²) in [6.07, 6.45) is 0. The fraction of sp³-hybridized carbons (Fsp3) is 0.250. The molecule has 0 bridgehead atoms. The largest absolute Gasteiger partial charge is 0.382 e. The molecule has 0 spiro atoms. The van der Waals surface area contributed by atoms with Crippen LogP contribution in [0.2, 0.25) is 0 Å². The first-order chi connectivity index (χ1) is 18.1. The zero-order chi connectivity index (χ0) is 26.0. The highest BCUT2D eigenvalue weighted by molar-refractivity contribution is 6.09. The average Bonchev–Trinajstić information content (AvgIpc) is 3.59. The number of H-pyrrole nitrogens is 2. The molecule has 13 heteroatoms. The number of amides is 2. The summed E-state index contributed by atoms with van der Waals surface area (Å²) in [5.41, 5.74) is 2.58. The Bertz CT molecular complexity index is 1410. The van der Waals surface area contributed by atoms with Gasteiger partial charge in [-0.15, -0.1) is 10.2 Å². The van der Waals surface area contributed by atoms with Crippen LogP contribution in [0.15, 0.2) is 42.5 Å². The number of carbonyl (C=O) groups is 2. The van der Waals surface area contributed by atoms with Crippen LogP contribution in [0.4, 0.5) is 11.4 Å². The summed E-state index contributed by atoms with van der Waals surface area (Å²) in [7, 11) is 1.59. The van der Waals surface area contributed by atoms with E-state index < -0.39 is 5.91 Å². The van der Waals surface area contributed by atoms with Crippen molar-refractivity contribution in [3.05, 3.63) is 53.7 Å². The molecular weight excluding hydrogens is 480 g/mol. The molecule has 4 N–H and O–H groups in total. The zero-order valence-corrected chi connectivity index (χ0v) is 19.9. The van der Waals surface area contributed by atoms with Crippen LogP contribution in [0, 0.1) is 11.3 Å². The maximum atomic E-state index is 13.1. The summed E-state index contributed by atoms with van der Waals surface area (Å²) in [4.78, 5) is 28.5. The number of anilines is 2. The van der Waals surface area contributed by atoms with Crippen molar-refractivity contribution in [1.29, 1.82) is 5.26 Å². The lowest BCUT2D eigenvalue weighted by molar-refractivity contribution is -0.121. The van der Waals surface area contributed by atoms with Crippen molar-refractivity contribution < 1.29 is 23.8 Å². The fourth-order valence-corrected chi connectivity index (χ4v) is 3.47. The SMILES string of the molecule is COCCOCCOCC(=O)Nc1cccc2cc(C(=O)Nc3ccc(C#N)cc3-c3nn[nH]n3)[nH]c12. The second-order valence-electron chi connectivity index (χ2n) is 7.72. The van der Waals surface area contributed by atoms with Crippen LogP contribution in [0.25, 0.3) is 22.3 Å². The fourth-order valence-electron chi connectivity index (χ4n) is 3.47. The van der Waals surface area contributed by atoms with E-state index in [-0.39, 0.29) is 30.6 Å². The number of ether oxygens (including phenoxy) is 3. The minimum absolute atomic E-state index is 0.143. The Kier molecular flexibility index (Phi) is 8.50. The van der Waals surface area contributed by atoms with E-state index >= 15 is 0 Å². The molecule has 0 fully saturated rings. The van der Waals surface area contributed by atoms with Gasteiger partial charge in [0.25, 0.3) is 5.91 Å². The van der Waals surface area contributed by atoms with Crippen LogP contribution in [0.5, 0.6) is 0 Å². The number of fused-ring (bicyclic) bond motifs is 1. The molecule has 2 amide bonds. The van der Waals surface area contributed by atoms with Crippen molar-refractivity contribution in [3.63, 3.8) is 0 Å². The minimum Gasteiger partial charge on any atom is -0.382 e. The summed E-state index contributed by atoms with van der Waals surface area (Å²) in [5.74, 6) is -0.537. The quantitative estimate of drug-likeness (QED) is 0.210. The molecular formula is C24H24N8O5. The van der Waals surface area contributed by atoms with E-state index in [1.807, 2.05) is 12.1 Å². The number of para-hydroxylation sites is 1. The van der Waals surface area contributed by atoms with E-state index in [9.17, 15) is 14.9 Å². The highest BCUT2D eigenvalue weighted by Crippen LogP contribution is 2.28. The van der Waals surface area contributed by atoms with Crippen molar-refractivity contribution >= 4 is 34.1 Å². The Morgan fingerprint density at radius 2 is 1.86 bits per heavy atom. The molecule has 0 saturated carbocycles. The number of nitriles is 1. The van der Waals surface area contributed by atoms with Gasteiger partial charge in [0, 0.05) is 18.1 Å². The van der Waals surface area contributed by atoms with E-state index in [0.29, 0.717) is 47.8 Å². The van der Waals surface area contributed by atoms with E-state index in [2.05, 4.69) is 36.2 Å². The molecule has 2 heterocycles. The number of benzene rings is 2. The molecule has 0 aliphatic rings. The number of tetrazole rings is 1. The van der Waals surface area contributed by atoms with Crippen molar-refractivity contribution in [3.8, 4) is 17.5 Å². The lowest BCUT2D eigenvalue weighted by Crippen LogP contribution is -2.20. The van der Waals surface area contributed by atoms with E-state index in [1.165, 1.54) is 0 Å². The van der Waals surface area contributed by atoms with Gasteiger partial charge >= 0.3 is 0 Å². The van der Waals surface area contributed by atoms with E-state index in [0.717, 1.165) is 5.39 Å². The highest BCUT2D eigenvalue weighted by atomic mass is 16.5. The maximum absolute atomic E-state index is 13.1. The van der Waals surface area contributed by atoms with Gasteiger partial charge in [-0.25, -0.2) is 0 Å². The molecule has 37 heavy (non-hydrogen) atoms. The van der Waals surface area contributed by atoms with Crippen molar-refractivity contribution in [2.45, 2.75) is 0 Å². The molecule has 0 saturated heterocycles. The number of rotatable bonds is 12. The average molecular weight is 505 g/mol. The first kappa shape index (κ1) is 25.5. The lowest BCUT2D eigenvalue weighted by Gasteiger charge is -2.09. The van der Waals surface area contributed by atoms with Gasteiger partial charge in [-0.3, -0.25) is 9.59 Å². The monoisotopic (exact) mass is 504 g/mol. The smallest absolute Gasteiger partial charge is 0.272 e. The van der Waals surface area contributed by atoms with Gasteiger partial charge in [-0.05, 0) is 35.5 Å². The van der Waals surface area contributed by atoms with Gasteiger partial charge in [0.1, 0.15) is 12.3 Å². The number of aromatic nitrogens is 5. The molecule has 2 aromatic carbocycles. The number of hydrogen-bond donors (Lipinski definition) is 4.